The summed E-state index contributed by atoms with van der Waals surface area (Å²) in [6, 6.07) is 6.64. The maximum Gasteiger partial charge on any atom is 0.226 e. The molecule has 0 bridgehead atoms. The lowest BCUT2D eigenvalue weighted by molar-refractivity contribution is -0.141. The SMILES string of the molecule is O=C(C1CCCCC1)N1CCCC[C@H]1c1ncc(Cc2ccccc2F)o1. The first-order valence-corrected chi connectivity index (χ1v) is 10.2. The van der Waals surface area contributed by atoms with Crippen LogP contribution in [0.1, 0.15) is 74.6 Å². The summed E-state index contributed by atoms with van der Waals surface area (Å²) in [5.41, 5.74) is 0.596. The molecule has 0 unspecified atom stereocenters. The van der Waals surface area contributed by atoms with Crippen molar-refractivity contribution in [1.29, 1.82) is 0 Å². The van der Waals surface area contributed by atoms with Gasteiger partial charge < -0.3 is 9.32 Å². The third-order valence-corrected chi connectivity index (χ3v) is 5.92. The standard InChI is InChI=1S/C22H27FN2O2/c23-19-11-5-4-10-17(19)14-18-15-24-21(27-18)20-12-6-7-13-25(20)22(26)16-8-2-1-3-9-16/h4-5,10-11,15-16,20H,1-3,6-9,12-14H2/t20-/m0/s1. The largest absolute Gasteiger partial charge is 0.443 e. The van der Waals surface area contributed by atoms with Gasteiger partial charge in [0, 0.05) is 18.9 Å². The van der Waals surface area contributed by atoms with E-state index in [9.17, 15) is 9.18 Å². The molecule has 1 atom stereocenters. The van der Waals surface area contributed by atoms with E-state index in [0.29, 0.717) is 23.6 Å². The van der Waals surface area contributed by atoms with E-state index >= 15 is 0 Å². The lowest BCUT2D eigenvalue weighted by Crippen LogP contribution is -2.42. The molecule has 0 spiro atoms. The number of rotatable bonds is 4. The van der Waals surface area contributed by atoms with Gasteiger partial charge >= 0.3 is 0 Å². The predicted molar refractivity (Wildman–Crippen MR) is 101 cm³/mol. The lowest BCUT2D eigenvalue weighted by Gasteiger charge is -2.37. The van der Waals surface area contributed by atoms with Crippen LogP contribution in [0, 0.1) is 11.7 Å². The second-order valence-corrected chi connectivity index (χ2v) is 7.81. The molecule has 5 heteroatoms. The van der Waals surface area contributed by atoms with Gasteiger partial charge in [-0.3, -0.25) is 4.79 Å². The Labute approximate surface area is 159 Å². The van der Waals surface area contributed by atoms with Gasteiger partial charge in [0.25, 0.3) is 0 Å². The summed E-state index contributed by atoms with van der Waals surface area (Å²) in [6.07, 6.45) is 10.6. The minimum atomic E-state index is -0.234. The highest BCUT2D eigenvalue weighted by molar-refractivity contribution is 5.79. The maximum absolute atomic E-state index is 13.9. The van der Waals surface area contributed by atoms with Crippen LogP contribution in [0.5, 0.6) is 0 Å². The highest BCUT2D eigenvalue weighted by Gasteiger charge is 2.35. The van der Waals surface area contributed by atoms with E-state index in [2.05, 4.69) is 4.98 Å². The van der Waals surface area contributed by atoms with Crippen molar-refractivity contribution in [3.05, 3.63) is 53.5 Å². The normalized spacial score (nSPS) is 21.4. The number of hydrogen-bond acceptors (Lipinski definition) is 3. The summed E-state index contributed by atoms with van der Waals surface area (Å²) in [5.74, 6) is 1.44. The number of hydrogen-bond donors (Lipinski definition) is 0. The summed E-state index contributed by atoms with van der Waals surface area (Å²) >= 11 is 0. The van der Waals surface area contributed by atoms with Gasteiger partial charge in [-0.25, -0.2) is 9.37 Å². The van der Waals surface area contributed by atoms with Gasteiger partial charge in [0.1, 0.15) is 17.6 Å². The molecule has 1 aliphatic heterocycles. The average molecular weight is 370 g/mol. The van der Waals surface area contributed by atoms with Crippen LogP contribution < -0.4 is 0 Å². The van der Waals surface area contributed by atoms with Crippen molar-refractivity contribution in [2.75, 3.05) is 6.54 Å². The molecule has 1 aromatic carbocycles. The first-order chi connectivity index (χ1) is 13.2. The Morgan fingerprint density at radius 3 is 2.70 bits per heavy atom. The van der Waals surface area contributed by atoms with E-state index in [1.807, 2.05) is 11.0 Å². The van der Waals surface area contributed by atoms with E-state index in [1.54, 1.807) is 18.3 Å². The van der Waals surface area contributed by atoms with E-state index < -0.39 is 0 Å². The van der Waals surface area contributed by atoms with Gasteiger partial charge in [0.05, 0.1) is 6.20 Å². The number of aromatic nitrogens is 1. The highest BCUT2D eigenvalue weighted by Crippen LogP contribution is 2.35. The number of nitrogens with zero attached hydrogens (tertiary/aromatic N) is 2. The molecule has 2 fully saturated rings. The molecule has 4 rings (SSSR count). The number of amides is 1. The minimum Gasteiger partial charge on any atom is -0.443 e. The van der Waals surface area contributed by atoms with E-state index in [4.69, 9.17) is 4.42 Å². The number of carbonyl (C=O) groups is 1. The van der Waals surface area contributed by atoms with Crippen molar-refractivity contribution in [1.82, 2.24) is 9.88 Å². The Kier molecular flexibility index (Phi) is 5.55. The first kappa shape index (κ1) is 18.2. The van der Waals surface area contributed by atoms with Crippen LogP contribution in [0.4, 0.5) is 4.39 Å². The number of benzene rings is 1. The lowest BCUT2D eigenvalue weighted by atomic mass is 9.87. The molecule has 1 saturated carbocycles. The highest BCUT2D eigenvalue weighted by atomic mass is 19.1. The van der Waals surface area contributed by atoms with Crippen molar-refractivity contribution in [2.45, 2.75) is 63.8 Å². The Bertz CT molecular complexity index is 782. The number of oxazole rings is 1. The zero-order valence-electron chi connectivity index (χ0n) is 15.7. The van der Waals surface area contributed by atoms with Crippen molar-refractivity contribution >= 4 is 5.91 Å². The topological polar surface area (TPSA) is 46.3 Å². The molecular formula is C22H27FN2O2. The van der Waals surface area contributed by atoms with Gasteiger partial charge in [0.15, 0.2) is 0 Å². The Morgan fingerprint density at radius 1 is 1.11 bits per heavy atom. The molecule has 2 heterocycles. The molecule has 0 N–H and O–H groups in total. The van der Waals surface area contributed by atoms with Crippen LogP contribution in [0.15, 0.2) is 34.9 Å². The van der Waals surface area contributed by atoms with Crippen LogP contribution >= 0.6 is 0 Å². The second-order valence-electron chi connectivity index (χ2n) is 7.81. The van der Waals surface area contributed by atoms with Crippen molar-refractivity contribution in [3.63, 3.8) is 0 Å². The van der Waals surface area contributed by atoms with E-state index in [-0.39, 0.29) is 23.7 Å². The number of piperidine rings is 1. The fourth-order valence-corrected chi connectivity index (χ4v) is 4.42. The molecule has 0 radical (unpaired) electrons. The van der Waals surface area contributed by atoms with Crippen molar-refractivity contribution in [3.8, 4) is 0 Å². The summed E-state index contributed by atoms with van der Waals surface area (Å²) in [6.45, 7) is 0.783. The smallest absolute Gasteiger partial charge is 0.226 e. The third kappa shape index (κ3) is 4.07. The van der Waals surface area contributed by atoms with Gasteiger partial charge in [-0.1, -0.05) is 37.5 Å². The summed E-state index contributed by atoms with van der Waals surface area (Å²) < 4.78 is 19.9. The summed E-state index contributed by atoms with van der Waals surface area (Å²) in [5, 5.41) is 0. The zero-order valence-corrected chi connectivity index (χ0v) is 15.7. The summed E-state index contributed by atoms with van der Waals surface area (Å²) in [4.78, 5) is 19.5. The van der Waals surface area contributed by atoms with Gasteiger partial charge in [-0.15, -0.1) is 0 Å². The van der Waals surface area contributed by atoms with E-state index in [1.165, 1.54) is 12.5 Å². The van der Waals surface area contributed by atoms with Gasteiger partial charge in [0.2, 0.25) is 11.8 Å². The van der Waals surface area contributed by atoms with Crippen LogP contribution in [-0.2, 0) is 11.2 Å². The molecule has 27 heavy (non-hydrogen) atoms. The quantitative estimate of drug-likeness (QED) is 0.757. The van der Waals surface area contributed by atoms with Crippen molar-refractivity contribution < 1.29 is 13.6 Å². The van der Waals surface area contributed by atoms with Crippen molar-refractivity contribution in [2.24, 2.45) is 5.92 Å². The van der Waals surface area contributed by atoms with Crippen LogP contribution in [0.2, 0.25) is 0 Å². The summed E-state index contributed by atoms with van der Waals surface area (Å²) in [7, 11) is 0. The van der Waals surface area contributed by atoms with Crippen LogP contribution in [-0.4, -0.2) is 22.3 Å². The molecule has 4 nitrogen and oxygen atoms in total. The number of carbonyl (C=O) groups excluding carboxylic acids is 1. The maximum atomic E-state index is 13.9. The molecule has 1 saturated heterocycles. The Hall–Kier alpha value is -2.17. The third-order valence-electron chi connectivity index (χ3n) is 5.92. The minimum absolute atomic E-state index is 0.0810. The zero-order chi connectivity index (χ0) is 18.6. The fourth-order valence-electron chi connectivity index (χ4n) is 4.42. The Balaban J connectivity index is 1.49. The molecular weight excluding hydrogens is 343 g/mol. The monoisotopic (exact) mass is 370 g/mol. The second kappa shape index (κ2) is 8.24. The fraction of sp³-hybridized carbons (Fsp3) is 0.545. The molecule has 1 aromatic heterocycles. The predicted octanol–water partition coefficient (Wildman–Crippen LogP) is 5.04. The molecule has 1 amide bonds. The van der Waals surface area contributed by atoms with Gasteiger partial charge in [-0.2, -0.15) is 0 Å². The van der Waals surface area contributed by atoms with Gasteiger partial charge in [-0.05, 0) is 43.7 Å². The Morgan fingerprint density at radius 2 is 1.89 bits per heavy atom. The van der Waals surface area contributed by atoms with Crippen LogP contribution in [0.3, 0.4) is 0 Å². The van der Waals surface area contributed by atoms with Crippen LogP contribution in [0.25, 0.3) is 0 Å². The molecule has 2 aliphatic rings. The molecule has 2 aromatic rings. The molecule has 1 aliphatic carbocycles. The van der Waals surface area contributed by atoms with E-state index in [0.717, 1.165) is 51.5 Å². The number of likely N-dealkylation sites (tertiary alicyclic amines) is 1. The average Bonchev–Trinajstić information content (AvgIpc) is 3.18. The number of halogens is 1. The molecule has 144 valence electrons. The first-order valence-electron chi connectivity index (χ1n) is 10.2.